The van der Waals surface area contributed by atoms with Crippen LogP contribution in [0.15, 0.2) is 0 Å². The summed E-state index contributed by atoms with van der Waals surface area (Å²) in [7, 11) is 4.57. The number of unbranched alkanes of at least 4 members (excludes halogenated alkanes) is 15. The van der Waals surface area contributed by atoms with Gasteiger partial charge in [0.25, 0.3) is 0 Å². The molecular weight excluding hydrogens is 442 g/mol. The van der Waals surface area contributed by atoms with Crippen molar-refractivity contribution in [1.29, 1.82) is 0 Å². The van der Waals surface area contributed by atoms with Gasteiger partial charge >= 0.3 is 5.97 Å². The molecule has 1 rings (SSSR count). The minimum atomic E-state index is -0.0228. The molecule has 0 aromatic heterocycles. The normalized spacial score (nSPS) is 18.0. The highest BCUT2D eigenvalue weighted by Crippen LogP contribution is 2.45. The Hall–Kier alpha value is -0.570. The highest BCUT2D eigenvalue weighted by molar-refractivity contribution is 5.69. The summed E-state index contributed by atoms with van der Waals surface area (Å²) in [5, 5.41) is 0. The van der Waals surface area contributed by atoms with Gasteiger partial charge < -0.3 is 9.64 Å². The monoisotopic (exact) mass is 508 g/mol. The fourth-order valence-corrected chi connectivity index (χ4v) is 5.95. The van der Waals surface area contributed by atoms with Crippen molar-refractivity contribution in [2.24, 2.45) is 11.8 Å². The molecule has 1 aliphatic rings. The zero-order valence-electron chi connectivity index (χ0n) is 25.2. The summed E-state index contributed by atoms with van der Waals surface area (Å²) in [5.74, 6) is 2.08. The average Bonchev–Trinajstić information content (AvgIpc) is 3.61. The van der Waals surface area contributed by atoms with Gasteiger partial charge in [0.2, 0.25) is 0 Å². The Morgan fingerprint density at radius 1 is 0.667 bits per heavy atom. The number of carbonyl (C=O) groups excluding carboxylic acids is 1. The summed E-state index contributed by atoms with van der Waals surface area (Å²) in [6, 6.07) is 0.803. The van der Waals surface area contributed by atoms with Crippen molar-refractivity contribution in [3.05, 3.63) is 0 Å². The van der Waals surface area contributed by atoms with Crippen molar-refractivity contribution in [1.82, 2.24) is 4.90 Å². The third kappa shape index (κ3) is 19.5. The van der Waals surface area contributed by atoms with Crippen molar-refractivity contribution in [2.75, 3.05) is 20.7 Å². The van der Waals surface area contributed by atoms with E-state index >= 15 is 0 Å². The van der Waals surface area contributed by atoms with Crippen LogP contribution in [-0.4, -0.2) is 37.6 Å². The van der Waals surface area contributed by atoms with E-state index in [2.05, 4.69) is 25.9 Å². The van der Waals surface area contributed by atoms with Crippen LogP contribution in [0.5, 0.6) is 0 Å². The Bertz CT molecular complexity index is 492. The van der Waals surface area contributed by atoms with E-state index in [0.29, 0.717) is 13.0 Å². The van der Waals surface area contributed by atoms with E-state index in [0.717, 1.165) is 24.3 Å². The van der Waals surface area contributed by atoms with E-state index in [9.17, 15) is 4.79 Å². The molecule has 3 unspecified atom stereocenters. The van der Waals surface area contributed by atoms with Gasteiger partial charge in [0.1, 0.15) is 0 Å². The van der Waals surface area contributed by atoms with Crippen molar-refractivity contribution in [3.8, 4) is 0 Å². The van der Waals surface area contributed by atoms with E-state index in [-0.39, 0.29) is 5.97 Å². The predicted octanol–water partition coefficient (Wildman–Crippen LogP) is 10.1. The zero-order valence-corrected chi connectivity index (χ0v) is 25.2. The van der Waals surface area contributed by atoms with Crippen LogP contribution in [0.4, 0.5) is 0 Å². The number of ether oxygens (including phenoxy) is 1. The Balaban J connectivity index is 1.85. The molecule has 1 saturated carbocycles. The maximum atomic E-state index is 11.3. The molecule has 3 heteroatoms. The second kappa shape index (κ2) is 23.5. The smallest absolute Gasteiger partial charge is 0.305 e. The molecule has 214 valence electrons. The van der Waals surface area contributed by atoms with Gasteiger partial charge in [0.15, 0.2) is 0 Å². The van der Waals surface area contributed by atoms with Crippen LogP contribution in [0.2, 0.25) is 0 Å². The Labute approximate surface area is 226 Å². The van der Waals surface area contributed by atoms with Gasteiger partial charge in [-0.3, -0.25) is 4.79 Å². The number of nitrogens with zero attached hydrogens (tertiary/aromatic N) is 1. The lowest BCUT2D eigenvalue weighted by Crippen LogP contribution is -2.27. The second-order valence-electron chi connectivity index (χ2n) is 12.1. The molecule has 0 amide bonds. The summed E-state index contributed by atoms with van der Waals surface area (Å²) < 4.78 is 4.99. The molecule has 0 spiro atoms. The number of esters is 1. The molecule has 3 nitrogen and oxygen atoms in total. The lowest BCUT2D eigenvalue weighted by atomic mass is 9.99. The van der Waals surface area contributed by atoms with Gasteiger partial charge in [0, 0.05) is 12.5 Å². The summed E-state index contributed by atoms with van der Waals surface area (Å²) in [6.07, 6.45) is 32.7. The first-order valence-corrected chi connectivity index (χ1v) is 16.4. The number of hydrogen-bond acceptors (Lipinski definition) is 3. The maximum Gasteiger partial charge on any atom is 0.305 e. The summed E-state index contributed by atoms with van der Waals surface area (Å²) in [5.41, 5.74) is 0. The first kappa shape index (κ1) is 33.5. The second-order valence-corrected chi connectivity index (χ2v) is 12.1. The van der Waals surface area contributed by atoms with E-state index < -0.39 is 0 Å². The Morgan fingerprint density at radius 2 is 1.11 bits per heavy atom. The standard InChI is InChI=1S/C33H65NO2/c1-5-7-8-9-10-16-21-26-32(34(3)4)27-22-17-12-11-14-19-24-30-29-31(30)25-20-15-13-18-23-28-33(35)36-6-2/h30-32H,5-29H2,1-4H3. The highest BCUT2D eigenvalue weighted by Gasteiger charge is 2.34. The molecule has 1 fully saturated rings. The number of carbonyl (C=O) groups is 1. The van der Waals surface area contributed by atoms with Crippen molar-refractivity contribution >= 4 is 5.97 Å². The molecule has 0 aromatic carbocycles. The highest BCUT2D eigenvalue weighted by atomic mass is 16.5. The summed E-state index contributed by atoms with van der Waals surface area (Å²) in [4.78, 5) is 13.8. The Kier molecular flexibility index (Phi) is 21.9. The molecule has 0 N–H and O–H groups in total. The first-order chi connectivity index (χ1) is 17.6. The van der Waals surface area contributed by atoms with Gasteiger partial charge in [-0.05, 0) is 58.5 Å². The molecule has 0 aliphatic heterocycles. The van der Waals surface area contributed by atoms with Crippen LogP contribution in [0, 0.1) is 11.8 Å². The maximum absolute atomic E-state index is 11.3. The molecule has 0 saturated heterocycles. The predicted molar refractivity (Wildman–Crippen MR) is 158 cm³/mol. The zero-order chi connectivity index (χ0) is 26.3. The SMILES string of the molecule is CCCCCCCCCC(CCCCCCCCC1CC1CCCCCCCC(=O)OCC)N(C)C. The van der Waals surface area contributed by atoms with Crippen LogP contribution in [0.3, 0.4) is 0 Å². The fourth-order valence-electron chi connectivity index (χ4n) is 5.95. The van der Waals surface area contributed by atoms with Crippen LogP contribution in [-0.2, 0) is 9.53 Å². The summed E-state index contributed by atoms with van der Waals surface area (Å²) >= 11 is 0. The van der Waals surface area contributed by atoms with Crippen LogP contribution in [0.25, 0.3) is 0 Å². The molecule has 3 atom stereocenters. The number of hydrogen-bond donors (Lipinski definition) is 0. The fraction of sp³-hybridized carbons (Fsp3) is 0.970. The molecule has 36 heavy (non-hydrogen) atoms. The van der Waals surface area contributed by atoms with Gasteiger partial charge in [-0.2, -0.15) is 0 Å². The van der Waals surface area contributed by atoms with Gasteiger partial charge in [0.05, 0.1) is 6.61 Å². The molecule has 0 aromatic rings. The van der Waals surface area contributed by atoms with Crippen LogP contribution < -0.4 is 0 Å². The lowest BCUT2D eigenvalue weighted by molar-refractivity contribution is -0.143. The minimum absolute atomic E-state index is 0.0228. The van der Waals surface area contributed by atoms with Crippen LogP contribution in [0.1, 0.15) is 168 Å². The van der Waals surface area contributed by atoms with Crippen molar-refractivity contribution < 1.29 is 9.53 Å². The summed E-state index contributed by atoms with van der Waals surface area (Å²) in [6.45, 7) is 4.69. The Morgan fingerprint density at radius 3 is 1.58 bits per heavy atom. The van der Waals surface area contributed by atoms with E-state index in [1.54, 1.807) is 0 Å². The topological polar surface area (TPSA) is 29.5 Å². The van der Waals surface area contributed by atoms with Crippen LogP contribution >= 0.6 is 0 Å². The molecular formula is C33H65NO2. The van der Waals surface area contributed by atoms with Gasteiger partial charge in [-0.1, -0.05) is 129 Å². The quantitative estimate of drug-likeness (QED) is 0.0818. The van der Waals surface area contributed by atoms with E-state index in [4.69, 9.17) is 4.74 Å². The largest absolute Gasteiger partial charge is 0.466 e. The van der Waals surface area contributed by atoms with Crippen molar-refractivity contribution in [2.45, 2.75) is 174 Å². The molecule has 0 radical (unpaired) electrons. The minimum Gasteiger partial charge on any atom is -0.466 e. The molecule has 0 bridgehead atoms. The van der Waals surface area contributed by atoms with E-state index in [1.807, 2.05) is 6.92 Å². The molecule has 1 aliphatic carbocycles. The van der Waals surface area contributed by atoms with E-state index in [1.165, 1.54) is 141 Å². The third-order valence-corrected chi connectivity index (χ3v) is 8.56. The van der Waals surface area contributed by atoms with Gasteiger partial charge in [-0.15, -0.1) is 0 Å². The van der Waals surface area contributed by atoms with Gasteiger partial charge in [-0.25, -0.2) is 0 Å². The number of rotatable bonds is 27. The molecule has 0 heterocycles. The first-order valence-electron chi connectivity index (χ1n) is 16.4. The third-order valence-electron chi connectivity index (χ3n) is 8.56. The average molecular weight is 508 g/mol. The lowest BCUT2D eigenvalue weighted by Gasteiger charge is -2.24. The van der Waals surface area contributed by atoms with Crippen molar-refractivity contribution in [3.63, 3.8) is 0 Å².